The Bertz CT molecular complexity index is 401. The van der Waals surface area contributed by atoms with E-state index in [0.717, 1.165) is 6.42 Å². The Labute approximate surface area is 108 Å². The van der Waals surface area contributed by atoms with E-state index in [1.807, 2.05) is 6.92 Å². The number of rotatable bonds is 7. The molecular formula is C14H20O4. The second-order valence-corrected chi connectivity index (χ2v) is 4.13. The lowest BCUT2D eigenvalue weighted by Gasteiger charge is -2.17. The van der Waals surface area contributed by atoms with Crippen LogP contribution in [0.5, 0.6) is 11.5 Å². The Morgan fingerprint density at radius 2 is 2.06 bits per heavy atom. The van der Waals surface area contributed by atoms with Crippen LogP contribution in [0.4, 0.5) is 0 Å². The number of methoxy groups -OCH3 is 2. The highest BCUT2D eigenvalue weighted by molar-refractivity contribution is 5.97. The predicted molar refractivity (Wildman–Crippen MR) is 69.6 cm³/mol. The molecule has 1 atom stereocenters. The first-order valence-corrected chi connectivity index (χ1v) is 5.93. The molecule has 0 bridgehead atoms. The van der Waals surface area contributed by atoms with Crippen LogP contribution < -0.4 is 9.47 Å². The second kappa shape index (κ2) is 7.01. The van der Waals surface area contributed by atoms with Gasteiger partial charge in [-0.3, -0.25) is 4.79 Å². The average molecular weight is 252 g/mol. The van der Waals surface area contributed by atoms with E-state index in [1.165, 1.54) is 6.92 Å². The van der Waals surface area contributed by atoms with Gasteiger partial charge in [-0.15, -0.1) is 0 Å². The molecule has 0 aliphatic heterocycles. The molecule has 18 heavy (non-hydrogen) atoms. The zero-order valence-electron chi connectivity index (χ0n) is 11.4. The van der Waals surface area contributed by atoms with Gasteiger partial charge in [0, 0.05) is 26.2 Å². The monoisotopic (exact) mass is 252 g/mol. The molecule has 0 N–H and O–H groups in total. The molecule has 4 heteroatoms. The normalized spacial score (nSPS) is 12.0. The van der Waals surface area contributed by atoms with Crippen LogP contribution in [-0.2, 0) is 4.74 Å². The first kappa shape index (κ1) is 14.5. The summed E-state index contributed by atoms with van der Waals surface area (Å²) in [5.41, 5.74) is 0.570. The molecule has 1 aromatic rings. The van der Waals surface area contributed by atoms with E-state index in [-0.39, 0.29) is 11.9 Å². The number of carbonyl (C=O) groups excluding carboxylic acids is 1. The molecule has 0 saturated heterocycles. The van der Waals surface area contributed by atoms with Crippen LogP contribution in [0, 0.1) is 0 Å². The molecule has 0 radical (unpaired) electrons. The summed E-state index contributed by atoms with van der Waals surface area (Å²) in [7, 11) is 3.24. The van der Waals surface area contributed by atoms with Crippen LogP contribution in [0.1, 0.15) is 30.6 Å². The highest BCUT2D eigenvalue weighted by Crippen LogP contribution is 2.26. The maximum absolute atomic E-state index is 11.5. The summed E-state index contributed by atoms with van der Waals surface area (Å²) in [5, 5.41) is 0. The standard InChI is InChI=1S/C14H20O4/c1-10(7-8-16-3)18-14-9-12(17-4)5-6-13(14)11(2)15/h5-6,9-10H,7-8H2,1-4H3. The minimum absolute atomic E-state index is 0.0184. The first-order chi connectivity index (χ1) is 8.58. The Hall–Kier alpha value is -1.55. The topological polar surface area (TPSA) is 44.8 Å². The summed E-state index contributed by atoms with van der Waals surface area (Å²) in [5.74, 6) is 1.21. The molecule has 0 aliphatic carbocycles. The molecule has 0 aliphatic rings. The second-order valence-electron chi connectivity index (χ2n) is 4.13. The molecule has 0 saturated carbocycles. The maximum atomic E-state index is 11.5. The van der Waals surface area contributed by atoms with E-state index in [2.05, 4.69) is 0 Å². The average Bonchev–Trinajstić information content (AvgIpc) is 2.35. The molecule has 0 heterocycles. The summed E-state index contributed by atoms with van der Waals surface area (Å²) in [6.07, 6.45) is 0.751. The highest BCUT2D eigenvalue weighted by Gasteiger charge is 2.13. The summed E-state index contributed by atoms with van der Waals surface area (Å²) < 4.78 is 15.9. The summed E-state index contributed by atoms with van der Waals surface area (Å²) in [4.78, 5) is 11.5. The maximum Gasteiger partial charge on any atom is 0.163 e. The van der Waals surface area contributed by atoms with Crippen molar-refractivity contribution in [2.24, 2.45) is 0 Å². The SMILES string of the molecule is COCCC(C)Oc1cc(OC)ccc1C(C)=O. The van der Waals surface area contributed by atoms with Gasteiger partial charge in [-0.1, -0.05) is 0 Å². The van der Waals surface area contributed by atoms with Gasteiger partial charge in [-0.05, 0) is 26.0 Å². The lowest BCUT2D eigenvalue weighted by atomic mass is 10.1. The number of benzene rings is 1. The Balaban J connectivity index is 2.86. The van der Waals surface area contributed by atoms with E-state index < -0.39 is 0 Å². The van der Waals surface area contributed by atoms with Crippen molar-refractivity contribution >= 4 is 5.78 Å². The predicted octanol–water partition coefficient (Wildman–Crippen LogP) is 2.70. The van der Waals surface area contributed by atoms with Gasteiger partial charge < -0.3 is 14.2 Å². The molecule has 0 spiro atoms. The van der Waals surface area contributed by atoms with E-state index >= 15 is 0 Å². The van der Waals surface area contributed by atoms with Gasteiger partial charge in [-0.2, -0.15) is 0 Å². The quantitative estimate of drug-likeness (QED) is 0.700. The van der Waals surface area contributed by atoms with E-state index in [0.29, 0.717) is 23.7 Å². The third-order valence-electron chi connectivity index (χ3n) is 2.62. The molecule has 0 aromatic heterocycles. The zero-order chi connectivity index (χ0) is 13.5. The van der Waals surface area contributed by atoms with Crippen LogP contribution in [0.15, 0.2) is 18.2 Å². The molecule has 4 nitrogen and oxygen atoms in total. The summed E-state index contributed by atoms with van der Waals surface area (Å²) in [6.45, 7) is 4.09. The molecule has 1 unspecified atom stereocenters. The van der Waals surface area contributed by atoms with Crippen molar-refractivity contribution in [1.29, 1.82) is 0 Å². The van der Waals surface area contributed by atoms with Crippen molar-refractivity contribution in [3.05, 3.63) is 23.8 Å². The minimum atomic E-state index is -0.0217. The largest absolute Gasteiger partial charge is 0.497 e. The summed E-state index contributed by atoms with van der Waals surface area (Å²) >= 11 is 0. The van der Waals surface area contributed by atoms with Gasteiger partial charge in [-0.25, -0.2) is 0 Å². The minimum Gasteiger partial charge on any atom is -0.497 e. The third-order valence-corrected chi connectivity index (χ3v) is 2.62. The number of Topliss-reactive ketones (excluding diaryl/α,β-unsaturated/α-hetero) is 1. The Kier molecular flexibility index (Phi) is 5.65. The van der Waals surface area contributed by atoms with Gasteiger partial charge in [0.1, 0.15) is 11.5 Å². The van der Waals surface area contributed by atoms with Crippen molar-refractivity contribution in [3.8, 4) is 11.5 Å². The number of carbonyl (C=O) groups is 1. The highest BCUT2D eigenvalue weighted by atomic mass is 16.5. The number of ketones is 1. The van der Waals surface area contributed by atoms with Gasteiger partial charge in [0.25, 0.3) is 0 Å². The molecule has 100 valence electrons. The lowest BCUT2D eigenvalue weighted by molar-refractivity contribution is 0.100. The van der Waals surface area contributed by atoms with Crippen molar-refractivity contribution in [1.82, 2.24) is 0 Å². The van der Waals surface area contributed by atoms with Gasteiger partial charge >= 0.3 is 0 Å². The van der Waals surface area contributed by atoms with Crippen LogP contribution in [0.3, 0.4) is 0 Å². The van der Waals surface area contributed by atoms with E-state index in [1.54, 1.807) is 32.4 Å². The van der Waals surface area contributed by atoms with Crippen molar-refractivity contribution in [2.75, 3.05) is 20.8 Å². The number of hydrogen-bond acceptors (Lipinski definition) is 4. The van der Waals surface area contributed by atoms with E-state index in [4.69, 9.17) is 14.2 Å². The van der Waals surface area contributed by atoms with Crippen molar-refractivity contribution < 1.29 is 19.0 Å². The Morgan fingerprint density at radius 3 is 2.61 bits per heavy atom. The third kappa shape index (κ3) is 4.04. The van der Waals surface area contributed by atoms with Crippen molar-refractivity contribution in [3.63, 3.8) is 0 Å². The lowest BCUT2D eigenvalue weighted by Crippen LogP contribution is -2.15. The van der Waals surface area contributed by atoms with Crippen LogP contribution in [0.25, 0.3) is 0 Å². The molecular weight excluding hydrogens is 232 g/mol. The molecule has 1 aromatic carbocycles. The fourth-order valence-electron chi connectivity index (χ4n) is 1.58. The number of hydrogen-bond donors (Lipinski definition) is 0. The molecule has 0 amide bonds. The van der Waals surface area contributed by atoms with E-state index in [9.17, 15) is 4.79 Å². The molecule has 1 rings (SSSR count). The smallest absolute Gasteiger partial charge is 0.163 e. The van der Waals surface area contributed by atoms with Gasteiger partial charge in [0.15, 0.2) is 5.78 Å². The fraction of sp³-hybridized carbons (Fsp3) is 0.500. The zero-order valence-corrected chi connectivity index (χ0v) is 11.4. The number of ether oxygens (including phenoxy) is 3. The fourth-order valence-corrected chi connectivity index (χ4v) is 1.58. The van der Waals surface area contributed by atoms with Gasteiger partial charge in [0.05, 0.1) is 18.8 Å². The molecule has 0 fully saturated rings. The van der Waals surface area contributed by atoms with Crippen LogP contribution >= 0.6 is 0 Å². The summed E-state index contributed by atoms with van der Waals surface area (Å²) in [6, 6.07) is 5.21. The Morgan fingerprint density at radius 1 is 1.33 bits per heavy atom. The van der Waals surface area contributed by atoms with Crippen LogP contribution in [-0.4, -0.2) is 32.7 Å². The van der Waals surface area contributed by atoms with Gasteiger partial charge in [0.2, 0.25) is 0 Å². The first-order valence-electron chi connectivity index (χ1n) is 5.93. The van der Waals surface area contributed by atoms with Crippen molar-refractivity contribution in [2.45, 2.75) is 26.4 Å². The van der Waals surface area contributed by atoms with Crippen LogP contribution in [0.2, 0.25) is 0 Å².